The fourth-order valence-electron chi connectivity index (χ4n) is 4.91. The largest absolute Gasteiger partial charge is 0.490 e. The van der Waals surface area contributed by atoms with E-state index in [0.29, 0.717) is 12.6 Å². The van der Waals surface area contributed by atoms with E-state index in [1.165, 1.54) is 7.11 Å². The second-order valence-electron chi connectivity index (χ2n) is 8.95. The molecule has 1 amide bonds. The zero-order chi connectivity index (χ0) is 22.1. The van der Waals surface area contributed by atoms with E-state index in [1.54, 1.807) is 4.90 Å². The van der Waals surface area contributed by atoms with Crippen LogP contribution in [0.15, 0.2) is 24.5 Å². The van der Waals surface area contributed by atoms with Crippen molar-refractivity contribution in [2.75, 3.05) is 38.3 Å². The van der Waals surface area contributed by atoms with Gasteiger partial charge in [-0.1, -0.05) is 0 Å². The highest BCUT2D eigenvalue weighted by atomic mass is 16.6. The minimum Gasteiger partial charge on any atom is -0.490 e. The molecule has 1 aromatic heterocycles. The highest BCUT2D eigenvalue weighted by Gasteiger charge is 2.33. The van der Waals surface area contributed by atoms with Crippen molar-refractivity contribution in [3.63, 3.8) is 0 Å². The summed E-state index contributed by atoms with van der Waals surface area (Å²) in [6.45, 7) is 5.41. The van der Waals surface area contributed by atoms with Gasteiger partial charge in [0.1, 0.15) is 12.4 Å². The summed E-state index contributed by atoms with van der Waals surface area (Å²) in [6, 6.07) is 4.57. The van der Waals surface area contributed by atoms with Crippen LogP contribution in [-0.4, -0.2) is 61.4 Å². The number of methoxy groups -OCH3 is 1. The first-order chi connectivity index (χ1) is 15.7. The number of piperidine rings is 1. The predicted molar refractivity (Wildman–Crippen MR) is 121 cm³/mol. The van der Waals surface area contributed by atoms with E-state index in [9.17, 15) is 4.79 Å². The number of benzene rings is 1. The molecule has 1 N–H and O–H groups in total. The van der Waals surface area contributed by atoms with Crippen LogP contribution in [0.4, 0.5) is 10.5 Å². The van der Waals surface area contributed by atoms with Gasteiger partial charge in [0, 0.05) is 42.0 Å². The Morgan fingerprint density at radius 1 is 1.25 bits per heavy atom. The lowest BCUT2D eigenvalue weighted by molar-refractivity contribution is -0.0721. The Labute approximate surface area is 188 Å². The lowest BCUT2D eigenvalue weighted by atomic mass is 9.92. The lowest BCUT2D eigenvalue weighted by Gasteiger charge is -2.36. The van der Waals surface area contributed by atoms with Crippen molar-refractivity contribution in [3.05, 3.63) is 30.1 Å². The second-order valence-corrected chi connectivity index (χ2v) is 8.95. The molecule has 172 valence electrons. The first-order valence-electron chi connectivity index (χ1n) is 11.7. The Balaban J connectivity index is 1.52. The van der Waals surface area contributed by atoms with Gasteiger partial charge in [-0.05, 0) is 57.8 Å². The Kier molecular flexibility index (Phi) is 6.06. The van der Waals surface area contributed by atoms with Gasteiger partial charge in [0.25, 0.3) is 0 Å². The van der Waals surface area contributed by atoms with Crippen molar-refractivity contribution in [2.45, 2.75) is 57.2 Å². The molecular formula is C24H32N4O4. The van der Waals surface area contributed by atoms with E-state index in [1.807, 2.05) is 18.3 Å². The molecule has 1 aromatic carbocycles. The maximum Gasteiger partial charge on any atom is 0.414 e. The van der Waals surface area contributed by atoms with Crippen molar-refractivity contribution >= 4 is 11.8 Å². The topological polar surface area (TPSA) is 77.9 Å². The number of hydrogen-bond donors (Lipinski definition) is 1. The van der Waals surface area contributed by atoms with Crippen molar-refractivity contribution in [3.8, 4) is 16.9 Å². The Bertz CT molecular complexity index is 965. The van der Waals surface area contributed by atoms with Gasteiger partial charge in [-0.15, -0.1) is 0 Å². The molecule has 2 saturated heterocycles. The summed E-state index contributed by atoms with van der Waals surface area (Å²) in [5, 5.41) is 8.10. The molecule has 5 rings (SSSR count). The monoisotopic (exact) mass is 440 g/mol. The molecule has 0 bridgehead atoms. The molecule has 0 saturated carbocycles. The zero-order valence-corrected chi connectivity index (χ0v) is 18.9. The first kappa shape index (κ1) is 21.3. The summed E-state index contributed by atoms with van der Waals surface area (Å²) in [6.07, 6.45) is 8.75. The maximum absolute atomic E-state index is 12.5. The van der Waals surface area contributed by atoms with Crippen molar-refractivity contribution in [2.24, 2.45) is 0 Å². The number of rotatable bonds is 5. The number of amides is 1. The summed E-state index contributed by atoms with van der Waals surface area (Å²) >= 11 is 0. The number of nitrogens with zero attached hydrogens (tertiary/aromatic N) is 3. The van der Waals surface area contributed by atoms with Crippen LogP contribution in [0.3, 0.4) is 0 Å². The molecule has 3 aliphatic heterocycles. The second kappa shape index (κ2) is 9.11. The third kappa shape index (κ3) is 3.97. The highest BCUT2D eigenvalue weighted by molar-refractivity contribution is 5.92. The molecule has 0 spiro atoms. The van der Waals surface area contributed by atoms with Crippen LogP contribution in [0.25, 0.3) is 11.1 Å². The van der Waals surface area contributed by atoms with E-state index < -0.39 is 0 Å². The number of hydrogen-bond acceptors (Lipinski definition) is 6. The fourth-order valence-corrected chi connectivity index (χ4v) is 4.91. The SMILES string of the molecule is COC(=O)N1c2ccc(-c3cnn(C4CCNCC4)c3)c(OCC3CCO3)c2CC[C@@H]1C. The predicted octanol–water partition coefficient (Wildman–Crippen LogP) is 3.55. The smallest absolute Gasteiger partial charge is 0.414 e. The summed E-state index contributed by atoms with van der Waals surface area (Å²) < 4.78 is 19.2. The zero-order valence-electron chi connectivity index (χ0n) is 18.9. The van der Waals surface area contributed by atoms with Crippen LogP contribution in [0.2, 0.25) is 0 Å². The van der Waals surface area contributed by atoms with Crippen molar-refractivity contribution in [1.82, 2.24) is 15.1 Å². The van der Waals surface area contributed by atoms with Gasteiger partial charge >= 0.3 is 6.09 Å². The highest BCUT2D eigenvalue weighted by Crippen LogP contribution is 2.43. The normalized spacial score (nSPS) is 23.4. The molecule has 0 aliphatic carbocycles. The van der Waals surface area contributed by atoms with Crippen LogP contribution in [0.5, 0.6) is 5.75 Å². The van der Waals surface area contributed by atoms with Crippen LogP contribution in [-0.2, 0) is 15.9 Å². The molecule has 8 nitrogen and oxygen atoms in total. The summed E-state index contributed by atoms with van der Waals surface area (Å²) in [5.41, 5.74) is 3.98. The molecule has 4 heterocycles. The van der Waals surface area contributed by atoms with Crippen LogP contribution in [0, 0.1) is 0 Å². The van der Waals surface area contributed by atoms with E-state index in [0.717, 1.165) is 79.9 Å². The number of ether oxygens (including phenoxy) is 3. The number of anilines is 1. The third-order valence-electron chi connectivity index (χ3n) is 6.92. The van der Waals surface area contributed by atoms with Gasteiger partial charge in [0.05, 0.1) is 31.1 Å². The van der Waals surface area contributed by atoms with Crippen molar-refractivity contribution in [1.29, 1.82) is 0 Å². The molecule has 32 heavy (non-hydrogen) atoms. The number of carbonyl (C=O) groups is 1. The van der Waals surface area contributed by atoms with E-state index in [-0.39, 0.29) is 18.2 Å². The summed E-state index contributed by atoms with van der Waals surface area (Å²) in [7, 11) is 1.43. The van der Waals surface area contributed by atoms with Gasteiger partial charge in [-0.2, -0.15) is 5.10 Å². The summed E-state index contributed by atoms with van der Waals surface area (Å²) in [5.74, 6) is 0.837. The number of fused-ring (bicyclic) bond motifs is 1. The fraction of sp³-hybridized carbons (Fsp3) is 0.583. The van der Waals surface area contributed by atoms with E-state index in [4.69, 9.17) is 14.2 Å². The molecule has 3 aliphatic rings. The number of carbonyl (C=O) groups excluding carboxylic acids is 1. The Hall–Kier alpha value is -2.58. The molecule has 2 atom stereocenters. The molecule has 2 fully saturated rings. The average molecular weight is 441 g/mol. The van der Waals surface area contributed by atoms with Gasteiger partial charge in [0.2, 0.25) is 0 Å². The molecule has 2 aromatic rings. The maximum atomic E-state index is 12.5. The molecular weight excluding hydrogens is 408 g/mol. The minimum absolute atomic E-state index is 0.0753. The van der Waals surface area contributed by atoms with E-state index in [2.05, 4.69) is 28.2 Å². The van der Waals surface area contributed by atoms with Gasteiger partial charge in [0.15, 0.2) is 0 Å². The average Bonchev–Trinajstić information content (AvgIpc) is 3.28. The lowest BCUT2D eigenvalue weighted by Crippen LogP contribution is -2.42. The number of nitrogens with one attached hydrogen (secondary N) is 1. The van der Waals surface area contributed by atoms with Crippen LogP contribution >= 0.6 is 0 Å². The van der Waals surface area contributed by atoms with Gasteiger partial charge < -0.3 is 19.5 Å². The van der Waals surface area contributed by atoms with Gasteiger partial charge in [-0.25, -0.2) is 4.79 Å². The Morgan fingerprint density at radius 3 is 2.78 bits per heavy atom. The van der Waals surface area contributed by atoms with Crippen LogP contribution < -0.4 is 15.0 Å². The van der Waals surface area contributed by atoms with Crippen LogP contribution in [0.1, 0.15) is 44.2 Å². The summed E-state index contributed by atoms with van der Waals surface area (Å²) in [4.78, 5) is 14.3. The first-order valence-corrected chi connectivity index (χ1v) is 11.7. The molecule has 8 heteroatoms. The standard InChI is InChI=1S/C24H32N4O4/c1-16-3-4-21-22(28(16)24(29)30-2)6-5-20(23(21)32-15-19-9-12-31-19)17-13-26-27(14-17)18-7-10-25-11-8-18/h5-6,13-14,16,18-19,25H,3-4,7-12,15H2,1-2H3/t16-,19?/m0/s1. The third-order valence-corrected chi connectivity index (χ3v) is 6.92. The molecule has 1 unspecified atom stereocenters. The van der Waals surface area contributed by atoms with E-state index >= 15 is 0 Å². The number of aromatic nitrogens is 2. The van der Waals surface area contributed by atoms with Crippen molar-refractivity contribution < 1.29 is 19.0 Å². The minimum atomic E-state index is -0.335. The quantitative estimate of drug-likeness (QED) is 0.766. The Morgan fingerprint density at radius 2 is 2.06 bits per heavy atom. The van der Waals surface area contributed by atoms with Gasteiger partial charge in [-0.3, -0.25) is 9.58 Å². The molecule has 0 radical (unpaired) electrons.